The zero-order valence-electron chi connectivity index (χ0n) is 16.0. The van der Waals surface area contributed by atoms with Gasteiger partial charge in [-0.1, -0.05) is 24.3 Å². The van der Waals surface area contributed by atoms with Gasteiger partial charge >= 0.3 is 12.4 Å². The van der Waals surface area contributed by atoms with Crippen LogP contribution in [0.5, 0.6) is 0 Å². The molecule has 0 saturated heterocycles. The number of aromatic amines is 1. The summed E-state index contributed by atoms with van der Waals surface area (Å²) in [5, 5.41) is 0. The number of rotatable bonds is 3. The number of H-pyrrole nitrogens is 1. The summed E-state index contributed by atoms with van der Waals surface area (Å²) >= 11 is 0. The third-order valence-electron chi connectivity index (χ3n) is 4.81. The Hall–Kier alpha value is -3.62. The number of halogens is 7. The van der Waals surface area contributed by atoms with E-state index in [-0.39, 0.29) is 5.82 Å². The molecule has 0 aliphatic heterocycles. The highest BCUT2D eigenvalue weighted by Gasteiger charge is 2.31. The standard InChI is InChI=1S/C23H13F7N2/c24-18-11-5-14(6-12-18)20-19(13-1-7-16(8-2-13)22(25,26)27)31-21(32-20)15-3-9-17(10-4-15)23(28,29)30/h1-12H,(H,31,32). The van der Waals surface area contributed by atoms with E-state index in [2.05, 4.69) is 9.97 Å². The predicted octanol–water partition coefficient (Wildman–Crippen LogP) is 7.59. The highest BCUT2D eigenvalue weighted by atomic mass is 19.4. The van der Waals surface area contributed by atoms with Gasteiger partial charge < -0.3 is 4.98 Å². The van der Waals surface area contributed by atoms with Crippen molar-refractivity contribution in [2.24, 2.45) is 0 Å². The van der Waals surface area contributed by atoms with Crippen molar-refractivity contribution in [3.05, 3.63) is 89.7 Å². The molecule has 32 heavy (non-hydrogen) atoms. The van der Waals surface area contributed by atoms with Crippen LogP contribution in [-0.4, -0.2) is 9.97 Å². The van der Waals surface area contributed by atoms with Crippen LogP contribution in [0.3, 0.4) is 0 Å². The molecule has 0 fully saturated rings. The maximum absolute atomic E-state index is 13.4. The number of nitrogens with one attached hydrogen (secondary N) is 1. The van der Waals surface area contributed by atoms with Gasteiger partial charge in [-0.25, -0.2) is 9.37 Å². The van der Waals surface area contributed by atoms with Gasteiger partial charge in [0, 0.05) is 16.7 Å². The average molecular weight is 450 g/mol. The molecule has 0 aliphatic rings. The van der Waals surface area contributed by atoms with Gasteiger partial charge in [0.25, 0.3) is 0 Å². The number of hydrogen-bond acceptors (Lipinski definition) is 1. The topological polar surface area (TPSA) is 28.7 Å². The minimum absolute atomic E-state index is 0.216. The molecule has 0 unspecified atom stereocenters. The lowest BCUT2D eigenvalue weighted by molar-refractivity contribution is -0.138. The molecule has 1 heterocycles. The molecule has 164 valence electrons. The summed E-state index contributed by atoms with van der Waals surface area (Å²) in [6.07, 6.45) is -9.00. The number of hydrogen-bond donors (Lipinski definition) is 1. The van der Waals surface area contributed by atoms with Gasteiger partial charge in [0.05, 0.1) is 22.5 Å². The van der Waals surface area contributed by atoms with Crippen LogP contribution in [0.15, 0.2) is 72.8 Å². The van der Waals surface area contributed by atoms with Crippen molar-refractivity contribution in [1.29, 1.82) is 0 Å². The zero-order chi connectivity index (χ0) is 23.1. The summed E-state index contributed by atoms with van der Waals surface area (Å²) in [7, 11) is 0. The Morgan fingerprint density at radius 1 is 0.562 bits per heavy atom. The Bertz CT molecular complexity index is 1220. The monoisotopic (exact) mass is 450 g/mol. The first kappa shape index (κ1) is 21.6. The van der Waals surface area contributed by atoms with E-state index >= 15 is 0 Å². The van der Waals surface area contributed by atoms with Gasteiger partial charge in [-0.2, -0.15) is 26.3 Å². The lowest BCUT2D eigenvalue weighted by atomic mass is 10.0. The Balaban J connectivity index is 1.81. The molecule has 0 bridgehead atoms. The SMILES string of the molecule is Fc1ccc(-c2nc(-c3ccc(C(F)(F)F)cc3)[nH]c2-c2ccc(C(F)(F)F)cc2)cc1. The number of nitrogens with zero attached hydrogens (tertiary/aromatic N) is 1. The Kier molecular flexibility index (Phi) is 5.28. The normalized spacial score (nSPS) is 12.2. The minimum atomic E-state index is -4.50. The molecule has 3 aromatic carbocycles. The molecular formula is C23H13F7N2. The fourth-order valence-electron chi connectivity index (χ4n) is 3.18. The van der Waals surface area contributed by atoms with E-state index in [1.54, 1.807) is 0 Å². The van der Waals surface area contributed by atoms with Crippen LogP contribution in [0, 0.1) is 5.82 Å². The number of alkyl halides is 6. The lowest BCUT2D eigenvalue weighted by Crippen LogP contribution is -2.04. The number of benzene rings is 3. The smallest absolute Gasteiger partial charge is 0.337 e. The first-order valence-corrected chi connectivity index (χ1v) is 9.23. The fraction of sp³-hybridized carbons (Fsp3) is 0.0870. The molecule has 0 spiro atoms. The van der Waals surface area contributed by atoms with E-state index in [1.807, 2.05) is 0 Å². The van der Waals surface area contributed by atoms with Crippen LogP contribution in [-0.2, 0) is 12.4 Å². The molecule has 9 heteroatoms. The second kappa shape index (κ2) is 7.81. The Labute approximate surface area is 177 Å². The van der Waals surface area contributed by atoms with Crippen molar-refractivity contribution >= 4 is 0 Å². The van der Waals surface area contributed by atoms with E-state index < -0.39 is 29.3 Å². The van der Waals surface area contributed by atoms with Crippen LogP contribution in [0.25, 0.3) is 33.9 Å². The van der Waals surface area contributed by atoms with Gasteiger partial charge in [-0.3, -0.25) is 0 Å². The van der Waals surface area contributed by atoms with Gasteiger partial charge in [0.2, 0.25) is 0 Å². The van der Waals surface area contributed by atoms with Crippen LogP contribution in [0.2, 0.25) is 0 Å². The average Bonchev–Trinajstić information content (AvgIpc) is 3.19. The minimum Gasteiger partial charge on any atom is -0.337 e. The third-order valence-corrected chi connectivity index (χ3v) is 4.81. The molecule has 0 atom stereocenters. The van der Waals surface area contributed by atoms with E-state index in [0.29, 0.717) is 28.1 Å². The molecule has 2 nitrogen and oxygen atoms in total. The second-order valence-electron chi connectivity index (χ2n) is 6.97. The second-order valence-corrected chi connectivity index (χ2v) is 6.97. The third kappa shape index (κ3) is 4.37. The van der Waals surface area contributed by atoms with Crippen molar-refractivity contribution in [3.63, 3.8) is 0 Å². The quantitative estimate of drug-likeness (QED) is 0.320. The molecular weight excluding hydrogens is 437 g/mol. The maximum Gasteiger partial charge on any atom is 0.416 e. The summed E-state index contributed by atoms with van der Waals surface area (Å²) in [5.41, 5.74) is 0.222. The van der Waals surface area contributed by atoms with Gasteiger partial charge in [-0.15, -0.1) is 0 Å². The molecule has 0 aliphatic carbocycles. The predicted molar refractivity (Wildman–Crippen MR) is 105 cm³/mol. The molecule has 0 radical (unpaired) electrons. The Morgan fingerprint density at radius 3 is 1.47 bits per heavy atom. The van der Waals surface area contributed by atoms with Crippen LogP contribution in [0.4, 0.5) is 30.7 Å². The number of imidazole rings is 1. The van der Waals surface area contributed by atoms with Crippen molar-refractivity contribution in [3.8, 4) is 33.9 Å². The van der Waals surface area contributed by atoms with E-state index in [1.165, 1.54) is 48.5 Å². The first-order chi connectivity index (χ1) is 15.0. The Morgan fingerprint density at radius 2 is 1.00 bits per heavy atom. The van der Waals surface area contributed by atoms with Crippen molar-refractivity contribution < 1.29 is 30.7 Å². The van der Waals surface area contributed by atoms with Crippen molar-refractivity contribution in [2.45, 2.75) is 12.4 Å². The zero-order valence-corrected chi connectivity index (χ0v) is 16.0. The van der Waals surface area contributed by atoms with Crippen LogP contribution in [0.1, 0.15) is 11.1 Å². The molecule has 4 rings (SSSR count). The van der Waals surface area contributed by atoms with Gasteiger partial charge in [0.15, 0.2) is 0 Å². The van der Waals surface area contributed by atoms with Crippen LogP contribution < -0.4 is 0 Å². The summed E-state index contributed by atoms with van der Waals surface area (Å²) in [6.45, 7) is 0. The summed E-state index contributed by atoms with van der Waals surface area (Å²) in [4.78, 5) is 7.41. The van der Waals surface area contributed by atoms with Crippen molar-refractivity contribution in [2.75, 3.05) is 0 Å². The molecule has 1 N–H and O–H groups in total. The van der Waals surface area contributed by atoms with E-state index in [0.717, 1.165) is 24.3 Å². The van der Waals surface area contributed by atoms with Gasteiger partial charge in [-0.05, 0) is 48.5 Å². The maximum atomic E-state index is 13.4. The number of aromatic nitrogens is 2. The summed E-state index contributed by atoms with van der Waals surface area (Å²) in [6, 6.07) is 14.0. The highest BCUT2D eigenvalue weighted by Crippen LogP contribution is 2.36. The van der Waals surface area contributed by atoms with Gasteiger partial charge in [0.1, 0.15) is 11.6 Å². The summed E-state index contributed by atoms with van der Waals surface area (Å²) in [5.74, 6) is -0.267. The fourth-order valence-corrected chi connectivity index (χ4v) is 3.18. The van der Waals surface area contributed by atoms with E-state index in [4.69, 9.17) is 0 Å². The largest absolute Gasteiger partial charge is 0.416 e. The lowest BCUT2D eigenvalue weighted by Gasteiger charge is -2.08. The molecule has 4 aromatic rings. The first-order valence-electron chi connectivity index (χ1n) is 9.23. The summed E-state index contributed by atoms with van der Waals surface area (Å²) < 4.78 is 90.6. The molecule has 1 aromatic heterocycles. The highest BCUT2D eigenvalue weighted by molar-refractivity contribution is 5.81. The van der Waals surface area contributed by atoms with Crippen molar-refractivity contribution in [1.82, 2.24) is 9.97 Å². The molecule has 0 amide bonds. The van der Waals surface area contributed by atoms with Crippen LogP contribution >= 0.6 is 0 Å². The molecule has 0 saturated carbocycles. The van der Waals surface area contributed by atoms with E-state index in [9.17, 15) is 30.7 Å².